The summed E-state index contributed by atoms with van der Waals surface area (Å²) in [5.74, 6) is 0. The van der Waals surface area contributed by atoms with Crippen LogP contribution in [-0.4, -0.2) is 27.5 Å². The summed E-state index contributed by atoms with van der Waals surface area (Å²) in [6.45, 7) is 2.67. The summed E-state index contributed by atoms with van der Waals surface area (Å²) in [6, 6.07) is 2.15. The van der Waals surface area contributed by atoms with E-state index in [-0.39, 0.29) is 11.5 Å². The molecule has 0 spiro atoms. The minimum Gasteiger partial charge on any atom is -0.392 e. The zero-order chi connectivity index (χ0) is 13.2. The molecule has 1 fully saturated rings. The fourth-order valence-electron chi connectivity index (χ4n) is 3.07. The van der Waals surface area contributed by atoms with Crippen molar-refractivity contribution in [3.05, 3.63) is 17.5 Å². The van der Waals surface area contributed by atoms with Gasteiger partial charge in [-0.05, 0) is 31.7 Å². The quantitative estimate of drug-likeness (QED) is 0.850. The molecular weight excluding hydrogens is 226 g/mol. The Labute approximate surface area is 109 Å². The van der Waals surface area contributed by atoms with Gasteiger partial charge in [0.05, 0.1) is 11.8 Å². The average molecular weight is 251 g/mol. The van der Waals surface area contributed by atoms with Crippen molar-refractivity contribution in [2.24, 2.45) is 18.2 Å². The first-order chi connectivity index (χ1) is 8.61. The maximum atomic E-state index is 10.3. The van der Waals surface area contributed by atoms with E-state index in [1.807, 2.05) is 11.7 Å². The Morgan fingerprint density at radius 1 is 1.56 bits per heavy atom. The van der Waals surface area contributed by atoms with Gasteiger partial charge in [-0.25, -0.2) is 0 Å². The van der Waals surface area contributed by atoms with E-state index in [1.54, 1.807) is 0 Å². The van der Waals surface area contributed by atoms with Gasteiger partial charge in [0, 0.05) is 24.7 Å². The number of hydrogen-bond donors (Lipinski definition) is 2. The average Bonchev–Trinajstić information content (AvgIpc) is 2.73. The van der Waals surface area contributed by atoms with E-state index >= 15 is 0 Å². The molecule has 4 nitrogen and oxygen atoms in total. The molecule has 3 N–H and O–H groups in total. The number of hydrogen-bond acceptors (Lipinski definition) is 3. The number of nitrogens with two attached hydrogens (primary N) is 1. The largest absolute Gasteiger partial charge is 0.392 e. The van der Waals surface area contributed by atoms with Crippen LogP contribution in [0.4, 0.5) is 0 Å². The predicted octanol–water partition coefficient (Wildman–Crippen LogP) is 1.40. The first-order valence-electron chi connectivity index (χ1n) is 7.01. The molecule has 1 aliphatic rings. The van der Waals surface area contributed by atoms with E-state index in [2.05, 4.69) is 18.1 Å². The number of aryl methyl sites for hydroxylation is 2. The Bertz CT molecular complexity index is 402. The van der Waals surface area contributed by atoms with Crippen LogP contribution in [0.5, 0.6) is 0 Å². The monoisotopic (exact) mass is 251 g/mol. The second kappa shape index (κ2) is 5.41. The normalized spacial score (nSPS) is 28.6. The van der Waals surface area contributed by atoms with Crippen LogP contribution in [0.15, 0.2) is 6.07 Å². The zero-order valence-corrected chi connectivity index (χ0v) is 11.5. The minimum atomic E-state index is -0.267. The molecule has 0 aromatic carbocycles. The maximum Gasteiger partial charge on any atom is 0.0624 e. The summed E-state index contributed by atoms with van der Waals surface area (Å²) in [5.41, 5.74) is 8.14. The highest BCUT2D eigenvalue weighted by Gasteiger charge is 2.39. The van der Waals surface area contributed by atoms with Gasteiger partial charge in [-0.3, -0.25) is 4.68 Å². The van der Waals surface area contributed by atoms with Crippen molar-refractivity contribution in [2.75, 3.05) is 6.54 Å². The fraction of sp³-hybridized carbons (Fsp3) is 0.786. The highest BCUT2D eigenvalue weighted by atomic mass is 16.3. The Hall–Kier alpha value is -0.870. The minimum absolute atomic E-state index is 0.142. The van der Waals surface area contributed by atoms with E-state index in [0.717, 1.165) is 37.8 Å². The van der Waals surface area contributed by atoms with Crippen LogP contribution in [0.2, 0.25) is 0 Å². The lowest BCUT2D eigenvalue weighted by Crippen LogP contribution is -2.46. The number of rotatable bonds is 4. The van der Waals surface area contributed by atoms with Crippen LogP contribution in [0.3, 0.4) is 0 Å². The molecule has 1 aromatic heterocycles. The van der Waals surface area contributed by atoms with Gasteiger partial charge in [0.1, 0.15) is 0 Å². The molecule has 0 amide bonds. The van der Waals surface area contributed by atoms with Gasteiger partial charge < -0.3 is 10.8 Å². The predicted molar refractivity (Wildman–Crippen MR) is 72.3 cm³/mol. The molecule has 0 bridgehead atoms. The van der Waals surface area contributed by atoms with E-state index in [0.29, 0.717) is 6.54 Å². The van der Waals surface area contributed by atoms with Crippen molar-refractivity contribution >= 4 is 0 Å². The van der Waals surface area contributed by atoms with Gasteiger partial charge >= 0.3 is 0 Å². The van der Waals surface area contributed by atoms with Crippen LogP contribution >= 0.6 is 0 Å². The summed E-state index contributed by atoms with van der Waals surface area (Å²) in [4.78, 5) is 0. The molecule has 2 atom stereocenters. The van der Waals surface area contributed by atoms with Crippen molar-refractivity contribution in [1.29, 1.82) is 0 Å². The van der Waals surface area contributed by atoms with E-state index in [9.17, 15) is 5.11 Å². The van der Waals surface area contributed by atoms with E-state index in [1.165, 1.54) is 12.1 Å². The SMILES string of the molecule is CCc1cc(CC2(CN)CCCCC2O)n(C)n1. The van der Waals surface area contributed by atoms with Crippen molar-refractivity contribution < 1.29 is 5.11 Å². The second-order valence-corrected chi connectivity index (χ2v) is 5.61. The highest BCUT2D eigenvalue weighted by Crippen LogP contribution is 2.38. The third-order valence-electron chi connectivity index (χ3n) is 4.44. The lowest BCUT2D eigenvalue weighted by Gasteiger charge is -2.40. The molecule has 102 valence electrons. The highest BCUT2D eigenvalue weighted by molar-refractivity contribution is 5.13. The summed E-state index contributed by atoms with van der Waals surface area (Å²) in [5, 5.41) is 14.8. The van der Waals surface area contributed by atoms with Gasteiger partial charge in [-0.1, -0.05) is 19.8 Å². The van der Waals surface area contributed by atoms with Crippen molar-refractivity contribution in [3.8, 4) is 0 Å². The molecule has 2 rings (SSSR count). The molecule has 1 aliphatic carbocycles. The Morgan fingerprint density at radius 3 is 2.89 bits per heavy atom. The first kappa shape index (κ1) is 13.6. The standard InChI is InChI=1S/C14H25N3O/c1-3-11-8-12(17(2)16-11)9-14(10-15)7-5-4-6-13(14)18/h8,13,18H,3-7,9-10,15H2,1-2H3. The summed E-state index contributed by atoms with van der Waals surface area (Å²) < 4.78 is 1.94. The Balaban J connectivity index is 2.20. The van der Waals surface area contributed by atoms with Crippen LogP contribution < -0.4 is 5.73 Å². The summed E-state index contributed by atoms with van der Waals surface area (Å²) in [7, 11) is 1.98. The third kappa shape index (κ3) is 2.45. The molecule has 1 saturated carbocycles. The second-order valence-electron chi connectivity index (χ2n) is 5.61. The fourth-order valence-corrected chi connectivity index (χ4v) is 3.07. The van der Waals surface area contributed by atoms with Gasteiger partial charge in [0.25, 0.3) is 0 Å². The van der Waals surface area contributed by atoms with Crippen molar-refractivity contribution in [3.63, 3.8) is 0 Å². The number of aromatic nitrogens is 2. The van der Waals surface area contributed by atoms with Crippen molar-refractivity contribution in [2.45, 2.75) is 51.6 Å². The van der Waals surface area contributed by atoms with Crippen LogP contribution in [-0.2, 0) is 19.9 Å². The number of nitrogens with zero attached hydrogens (tertiary/aromatic N) is 2. The maximum absolute atomic E-state index is 10.3. The Kier molecular flexibility index (Phi) is 4.07. The zero-order valence-electron chi connectivity index (χ0n) is 11.5. The van der Waals surface area contributed by atoms with Crippen LogP contribution in [0.1, 0.15) is 44.0 Å². The molecule has 1 heterocycles. The van der Waals surface area contributed by atoms with Crippen LogP contribution in [0, 0.1) is 5.41 Å². The number of aliphatic hydroxyl groups is 1. The number of aliphatic hydroxyl groups excluding tert-OH is 1. The van der Waals surface area contributed by atoms with Crippen molar-refractivity contribution in [1.82, 2.24) is 9.78 Å². The molecule has 1 aromatic rings. The molecule has 0 aliphatic heterocycles. The van der Waals surface area contributed by atoms with Gasteiger partial charge in [-0.15, -0.1) is 0 Å². The molecule has 0 saturated heterocycles. The molecule has 0 radical (unpaired) electrons. The first-order valence-corrected chi connectivity index (χ1v) is 7.01. The molecule has 2 unspecified atom stereocenters. The van der Waals surface area contributed by atoms with Gasteiger partial charge in [-0.2, -0.15) is 5.10 Å². The summed E-state index contributed by atoms with van der Waals surface area (Å²) in [6.07, 6.45) is 5.73. The topological polar surface area (TPSA) is 64.1 Å². The van der Waals surface area contributed by atoms with E-state index < -0.39 is 0 Å². The van der Waals surface area contributed by atoms with Gasteiger partial charge in [0.2, 0.25) is 0 Å². The van der Waals surface area contributed by atoms with Crippen LogP contribution in [0.25, 0.3) is 0 Å². The summed E-state index contributed by atoms with van der Waals surface area (Å²) >= 11 is 0. The molecule has 4 heteroatoms. The third-order valence-corrected chi connectivity index (χ3v) is 4.44. The Morgan fingerprint density at radius 2 is 2.33 bits per heavy atom. The molecular formula is C14H25N3O. The van der Waals surface area contributed by atoms with E-state index in [4.69, 9.17) is 5.73 Å². The lowest BCUT2D eigenvalue weighted by atomic mass is 9.69. The van der Waals surface area contributed by atoms with Gasteiger partial charge in [0.15, 0.2) is 0 Å². The smallest absolute Gasteiger partial charge is 0.0624 e. The molecule has 18 heavy (non-hydrogen) atoms. The lowest BCUT2D eigenvalue weighted by molar-refractivity contribution is -0.00694.